The number of carbonyl (C=O) groups excluding carboxylic acids is 3. The van der Waals surface area contributed by atoms with Crippen molar-refractivity contribution in [3.8, 4) is 54.7 Å². The third-order valence-electron chi connectivity index (χ3n) is 28.2. The van der Waals surface area contributed by atoms with E-state index >= 15 is 0 Å². The lowest BCUT2D eigenvalue weighted by Crippen LogP contribution is -2.47. The molecule has 778 valence electrons. The molecule has 0 saturated carbocycles. The van der Waals surface area contributed by atoms with Crippen LogP contribution in [0.4, 0.5) is 104 Å². The Kier molecular flexibility index (Phi) is 28.5. The van der Waals surface area contributed by atoms with Crippen LogP contribution in [0.25, 0.3) is 72.6 Å². The van der Waals surface area contributed by atoms with Crippen LogP contribution in [0.5, 0.6) is 23.0 Å². The maximum absolute atomic E-state index is 14.2. The summed E-state index contributed by atoms with van der Waals surface area (Å²) in [6, 6.07) is 60.2. The van der Waals surface area contributed by atoms with E-state index in [-0.39, 0.29) is 78.2 Å². The molecule has 22 rings (SSSR count). The number of aryl methyl sites for hydroxylation is 1. The maximum atomic E-state index is 14.2. The number of halogens is 7. The molecule has 36 heteroatoms. The second-order valence-corrected chi connectivity index (χ2v) is 49.6. The number of phenols is 3. The molecule has 6 amide bonds. The Hall–Kier alpha value is -12.9. The van der Waals surface area contributed by atoms with Crippen molar-refractivity contribution < 1.29 is 56.4 Å². The number of benzene rings is 11. The number of nitrogens with zero attached hydrogens (tertiary/aromatic N) is 11. The summed E-state index contributed by atoms with van der Waals surface area (Å²) in [5, 5.41) is 57.5. The molecule has 6 aliphatic rings. The number of fused-ring (bicyclic) bond motifs is 10. The zero-order valence-corrected chi connectivity index (χ0v) is 90.6. The molecule has 3 fully saturated rings. The van der Waals surface area contributed by atoms with Crippen molar-refractivity contribution in [2.75, 3.05) is 125 Å². The van der Waals surface area contributed by atoms with Gasteiger partial charge >= 0.3 is 24.2 Å². The van der Waals surface area contributed by atoms with Gasteiger partial charge in [-0.25, -0.2) is 43.7 Å². The van der Waals surface area contributed by atoms with E-state index in [4.69, 9.17) is 38.2 Å². The Morgan fingerprint density at radius 3 is 1.19 bits per heavy atom. The number of rotatable bonds is 18. The molecule has 16 aromatic rings. The van der Waals surface area contributed by atoms with Gasteiger partial charge in [-0.15, -0.1) is 45.3 Å². The maximum Gasteiger partial charge on any atom is 0.394 e. The minimum atomic E-state index is -3.32. The molecule has 0 unspecified atom stereocenters. The van der Waals surface area contributed by atoms with Crippen LogP contribution in [0.3, 0.4) is 0 Å². The number of aromatic nitrogens is 5. The summed E-state index contributed by atoms with van der Waals surface area (Å²) in [6.07, 6.45) is 2.02. The second kappa shape index (κ2) is 41.0. The van der Waals surface area contributed by atoms with Crippen molar-refractivity contribution in [2.45, 2.75) is 150 Å². The van der Waals surface area contributed by atoms with Gasteiger partial charge < -0.3 is 70.7 Å². The number of aromatic hydroxyl groups is 3. The minimum Gasteiger partial charge on any atom is -0.506 e. The first-order valence-corrected chi connectivity index (χ1v) is 54.9. The van der Waals surface area contributed by atoms with Gasteiger partial charge in [0.25, 0.3) is 5.92 Å². The largest absolute Gasteiger partial charge is 0.506 e. The van der Waals surface area contributed by atoms with Gasteiger partial charge in [-0.05, 0) is 287 Å². The smallest absolute Gasteiger partial charge is 0.394 e. The number of alkyl halides is 4. The van der Waals surface area contributed by atoms with Crippen LogP contribution >= 0.6 is 79.9 Å². The zero-order chi connectivity index (χ0) is 106. The van der Waals surface area contributed by atoms with Crippen molar-refractivity contribution >= 4 is 207 Å². The number of carbonyl (C=O) groups is 3. The first kappa shape index (κ1) is 104. The molecule has 24 nitrogen and oxygen atoms in total. The molecule has 3 spiro atoms. The average molecular weight is 2160 g/mol. The normalized spacial score (nSPS) is 16.1. The van der Waals surface area contributed by atoms with Crippen molar-refractivity contribution in [1.82, 2.24) is 39.6 Å². The Bertz CT molecular complexity index is 7840. The molecule has 0 radical (unpaired) electrons. The monoisotopic (exact) mass is 2160 g/mol. The number of ether oxygens (including phenoxy) is 1. The van der Waals surface area contributed by atoms with Gasteiger partial charge in [-0.1, -0.05) is 139 Å². The number of thiazole rings is 5. The van der Waals surface area contributed by atoms with Crippen molar-refractivity contribution in [3.05, 3.63) is 255 Å². The topological polar surface area (TPSA) is 277 Å². The molecule has 11 heterocycles. The fourth-order valence-corrected chi connectivity index (χ4v) is 27.0. The van der Waals surface area contributed by atoms with E-state index in [9.17, 15) is 51.7 Å². The lowest BCUT2D eigenvalue weighted by atomic mass is 9.72. The number of hydrogen-bond acceptors (Lipinski definition) is 23. The molecular weight excluding hydrogens is 2050 g/mol. The van der Waals surface area contributed by atoms with E-state index in [0.29, 0.717) is 87.1 Å². The molecule has 9 N–H and O–H groups in total. The van der Waals surface area contributed by atoms with Gasteiger partial charge in [0.15, 0.2) is 10.1 Å². The Morgan fingerprint density at radius 1 is 0.407 bits per heavy atom. The third kappa shape index (κ3) is 22.4. The Morgan fingerprint density at radius 2 is 0.787 bits per heavy atom. The second-order valence-electron chi connectivity index (χ2n) is 43.7. The summed E-state index contributed by atoms with van der Waals surface area (Å²) in [6.45, 7) is 34.1. The predicted molar refractivity (Wildman–Crippen MR) is 603 cm³/mol. The minimum absolute atomic E-state index is 0.0153. The van der Waals surface area contributed by atoms with Gasteiger partial charge in [0, 0.05) is 107 Å². The summed E-state index contributed by atoms with van der Waals surface area (Å²) in [5.74, 6) is -2.94. The van der Waals surface area contributed by atoms with E-state index < -0.39 is 24.1 Å². The van der Waals surface area contributed by atoms with Crippen LogP contribution in [0.2, 0.25) is 10.0 Å². The third-order valence-corrected chi connectivity index (χ3v) is 33.8. The van der Waals surface area contributed by atoms with E-state index in [0.717, 1.165) is 222 Å². The van der Waals surface area contributed by atoms with Crippen molar-refractivity contribution in [3.63, 3.8) is 0 Å². The first-order chi connectivity index (χ1) is 71.3. The summed E-state index contributed by atoms with van der Waals surface area (Å²) < 4.78 is 76.7. The lowest BCUT2D eigenvalue weighted by Gasteiger charge is -2.42. The first-order valence-electron chi connectivity index (χ1n) is 50.0. The van der Waals surface area contributed by atoms with Crippen molar-refractivity contribution in [1.29, 1.82) is 0 Å². The number of phenolic OH excluding ortho intramolecular Hbond substituents is 3. The number of urea groups is 3. The standard InChI is InChI=1S/C39H40ClF2N5O3S.C39H39ClN6O2S2.C36H37F3N6O2S2/c1-37(2,3)22-46-19-17-39(18-20-46)23-47(34-31(48)15-14-27(33(34)39)35-44-29-21-24(40)9-16-32(29)51-35)30-8-6-5-7-28(30)45-36(49)43-25-10-12-26(13-11-25)50-38(4,41)42;1-23-9-12-27-32(19-23)50-37(43-27)44-36(48)42-26-7-5-6-8-29(26)46-22-39(15-17-45(18-16-39)21-38(2,3)4)33-25(11-13-30(47)34(33)46)35-41-28-20-24(40)10-14-31(28)49-35;1-34(2,3)19-44-15-13-36(14-16-44)20-45(25-8-6-5-7-23(25)41-33(47)43-28-18-48-32(42-28)35(4,38)39)30-26(46)12-10-22(29(30)36)31-40-24-11-9-21(37)17-27(24)49-31/h5-16,21,48H,17-20,22-23H2,1-4H3,(H2,43,45,49);5-14,19-20,47H,15-18,21-22H2,1-4H3,(H2,42,43,44,48);5-12,17-18,46H,13-16,19-20H2,1-4H3,(H2,41,43,47). The van der Waals surface area contributed by atoms with Crippen LogP contribution in [0.1, 0.15) is 142 Å². The number of hydrogen-bond donors (Lipinski definition) is 9. The molecule has 5 aromatic heterocycles. The van der Waals surface area contributed by atoms with Gasteiger partial charge in [0.2, 0.25) is 0 Å². The predicted octanol–water partition coefficient (Wildman–Crippen LogP) is 30.5. The number of piperidine rings is 3. The molecular formula is C114H116Cl2F5N17O7S5. The number of nitrogens with one attached hydrogen (secondary N) is 6. The highest BCUT2D eigenvalue weighted by atomic mass is 35.5. The van der Waals surface area contributed by atoms with Crippen LogP contribution < -0.4 is 51.3 Å². The zero-order valence-electron chi connectivity index (χ0n) is 85.0. The highest BCUT2D eigenvalue weighted by Crippen LogP contribution is 2.63. The molecule has 150 heavy (non-hydrogen) atoms. The van der Waals surface area contributed by atoms with Crippen LogP contribution in [-0.4, -0.2) is 158 Å². The summed E-state index contributed by atoms with van der Waals surface area (Å²) in [7, 11) is 0. The molecule has 6 aliphatic heterocycles. The van der Waals surface area contributed by atoms with Crippen LogP contribution in [0, 0.1) is 29.0 Å². The van der Waals surface area contributed by atoms with E-state index in [1.54, 1.807) is 59.1 Å². The Labute approximate surface area is 896 Å². The number of likely N-dealkylation sites (tertiary alicyclic amines) is 3. The van der Waals surface area contributed by atoms with E-state index in [1.807, 2.05) is 134 Å². The number of para-hydroxylation sites is 6. The fourth-order valence-electron chi connectivity index (χ4n) is 22.1. The van der Waals surface area contributed by atoms with Crippen LogP contribution in [0.15, 0.2) is 212 Å². The van der Waals surface area contributed by atoms with Crippen molar-refractivity contribution in [2.24, 2.45) is 16.2 Å². The van der Waals surface area contributed by atoms with E-state index in [1.165, 1.54) is 64.5 Å². The molecule has 0 aliphatic carbocycles. The molecule has 3 saturated heterocycles. The fraction of sp³-hybridized carbons (Fsp3) is 0.333. The Balaban J connectivity index is 0.000000136. The number of amides is 6. The lowest BCUT2D eigenvalue weighted by molar-refractivity contribution is -0.158. The highest BCUT2D eigenvalue weighted by molar-refractivity contribution is 7.23. The molecule has 11 aromatic carbocycles. The molecule has 0 atom stereocenters. The average Bonchev–Trinajstić information content (AvgIpc) is 1.56. The number of anilines is 12. The molecule has 0 bridgehead atoms. The summed E-state index contributed by atoms with van der Waals surface area (Å²) in [4.78, 5) is 77.4. The van der Waals surface area contributed by atoms with E-state index in [2.05, 4.69) is 144 Å². The quantitative estimate of drug-likeness (QED) is 0.0361. The SMILES string of the molecule is CC(C)(C)CN1CCC2(CC1)CN(c1ccccc1NC(=O)Nc1ccc(OC(C)(F)F)cc1)c1c(O)ccc(-c3nc4cc(Cl)ccc4s3)c12.CC(C)(C)CN1CCC2(CC1)CN(c1ccccc1NC(=O)Nc1csc(C(C)(F)F)n1)c1c(O)ccc(-c3nc4ccc(F)cc4s3)c12.Cc1ccc2nc(NC(=O)Nc3ccccc3N3CC4(CCN(CC(C)(C)C)CC4)c4c(-c5nc6cc(Cl)ccc6s5)ccc(O)c43)sc2c1. The van der Waals surface area contributed by atoms with Gasteiger partial charge in [-0.2, -0.15) is 17.6 Å². The van der Waals surface area contributed by atoms with Gasteiger partial charge in [0.05, 0.1) is 92.1 Å². The highest BCUT2D eigenvalue weighted by Gasteiger charge is 2.53. The van der Waals surface area contributed by atoms with Crippen LogP contribution in [-0.2, 0) is 22.2 Å². The summed E-state index contributed by atoms with van der Waals surface area (Å²) in [5.41, 5.74) is 16.6. The van der Waals surface area contributed by atoms with Gasteiger partial charge in [-0.3, -0.25) is 10.6 Å². The summed E-state index contributed by atoms with van der Waals surface area (Å²) >= 11 is 19.6. The van der Waals surface area contributed by atoms with Gasteiger partial charge in [0.1, 0.15) is 49.7 Å².